The van der Waals surface area contributed by atoms with Gasteiger partial charge in [0.1, 0.15) is 0 Å². The molecule has 9 aliphatic carbocycles. The second-order valence-corrected chi connectivity index (χ2v) is 23.1. The number of rotatable bonds is 4. The molecule has 0 amide bonds. The summed E-state index contributed by atoms with van der Waals surface area (Å²) in [4.78, 5) is 0.784. The van der Waals surface area contributed by atoms with Gasteiger partial charge in [0.15, 0.2) is 0 Å². The minimum Gasteiger partial charge on any atom is -0.316 e. The van der Waals surface area contributed by atoms with E-state index in [1.54, 1.807) is 128 Å². The number of piperidine rings is 1. The van der Waals surface area contributed by atoms with E-state index in [0.717, 1.165) is 99.0 Å². The van der Waals surface area contributed by atoms with Crippen molar-refractivity contribution in [1.29, 1.82) is 0 Å². The van der Waals surface area contributed by atoms with Crippen molar-refractivity contribution < 1.29 is 0 Å². The summed E-state index contributed by atoms with van der Waals surface area (Å²) in [5.41, 5.74) is 4.67. The van der Waals surface area contributed by atoms with Gasteiger partial charge in [-0.05, 0) is 230 Å². The van der Waals surface area contributed by atoms with Crippen LogP contribution in [0, 0.1) is 94.2 Å². The zero-order valence-corrected chi connectivity index (χ0v) is 34.7. The molecule has 10 aliphatic rings. The SMILES string of the molecule is CC1=C(C2CCCNC2)CC(C2CCCC(Br)C2)CC1C1CCC(C2CCC3C4CCCCC4C4(C5CCCCC5C5CCCCC54)C3C2)CC1. The molecule has 10 rings (SSSR count). The summed E-state index contributed by atoms with van der Waals surface area (Å²) in [7, 11) is 0. The van der Waals surface area contributed by atoms with Gasteiger partial charge in [-0.15, -0.1) is 0 Å². The van der Waals surface area contributed by atoms with Crippen molar-refractivity contribution >= 4 is 15.9 Å². The largest absolute Gasteiger partial charge is 0.316 e. The minimum atomic E-state index is 0.784. The first kappa shape index (κ1) is 35.6. The molecule has 14 atom stereocenters. The standard InChI is InChI=1S/C49H78BrN/c1-31-43(27-37(34-10-8-12-38(50)26-34)28-44(31)36-11-9-25-51-30-36)33-21-19-32(20-22-33)35-23-24-42-41-15-4-7-18-47(41)49(48(42)29-35)45-16-5-2-13-39(45)40-14-3-6-17-46(40)49/h32-43,45-48,51H,2-30H2,1H3. The molecule has 1 saturated heterocycles. The number of halogens is 1. The normalized spacial score (nSPS) is 53.3. The summed E-state index contributed by atoms with van der Waals surface area (Å²) in [5.74, 6) is 15.9. The van der Waals surface area contributed by atoms with E-state index in [2.05, 4.69) is 28.2 Å². The lowest BCUT2D eigenvalue weighted by molar-refractivity contribution is -0.0488. The summed E-state index contributed by atoms with van der Waals surface area (Å²) in [5, 5.41) is 3.83. The van der Waals surface area contributed by atoms with Crippen molar-refractivity contribution in [2.75, 3.05) is 13.1 Å². The highest BCUT2D eigenvalue weighted by Gasteiger charge is 2.72. The lowest BCUT2D eigenvalue weighted by atomic mass is 9.51. The number of allylic oxidation sites excluding steroid dienone is 1. The van der Waals surface area contributed by atoms with Crippen LogP contribution in [0.3, 0.4) is 0 Å². The molecule has 0 aromatic carbocycles. The Morgan fingerprint density at radius 3 is 1.71 bits per heavy atom. The smallest absolute Gasteiger partial charge is 0.0148 e. The molecule has 14 unspecified atom stereocenters. The Morgan fingerprint density at radius 2 is 1.08 bits per heavy atom. The average molecular weight is 761 g/mol. The maximum absolute atomic E-state index is 4.10. The topological polar surface area (TPSA) is 12.0 Å². The maximum Gasteiger partial charge on any atom is 0.0148 e. The number of nitrogens with one attached hydrogen (secondary N) is 1. The van der Waals surface area contributed by atoms with E-state index in [9.17, 15) is 0 Å². The highest BCUT2D eigenvalue weighted by atomic mass is 79.9. The molecule has 1 nitrogen and oxygen atoms in total. The van der Waals surface area contributed by atoms with Crippen molar-refractivity contribution in [1.82, 2.24) is 5.32 Å². The monoisotopic (exact) mass is 760 g/mol. The third-order valence-corrected chi connectivity index (χ3v) is 21.2. The molecule has 2 heteroatoms. The molecule has 0 aromatic rings. The van der Waals surface area contributed by atoms with Crippen LogP contribution in [0.15, 0.2) is 11.1 Å². The van der Waals surface area contributed by atoms with Crippen LogP contribution in [-0.4, -0.2) is 17.9 Å². The van der Waals surface area contributed by atoms with Gasteiger partial charge in [-0.2, -0.15) is 0 Å². The van der Waals surface area contributed by atoms with E-state index in [0.29, 0.717) is 0 Å². The van der Waals surface area contributed by atoms with Gasteiger partial charge in [0.2, 0.25) is 0 Å². The molecule has 0 radical (unpaired) electrons. The Kier molecular flexibility index (Phi) is 10.4. The van der Waals surface area contributed by atoms with Gasteiger partial charge in [0.05, 0.1) is 0 Å². The van der Waals surface area contributed by atoms with Gasteiger partial charge in [-0.1, -0.05) is 78.4 Å². The third kappa shape index (κ3) is 6.10. The van der Waals surface area contributed by atoms with Gasteiger partial charge in [-0.25, -0.2) is 0 Å². The quantitative estimate of drug-likeness (QED) is 0.222. The average Bonchev–Trinajstić information content (AvgIpc) is 3.65. The molecule has 286 valence electrons. The Bertz CT molecular complexity index is 1210. The van der Waals surface area contributed by atoms with Crippen LogP contribution in [0.4, 0.5) is 0 Å². The predicted molar refractivity (Wildman–Crippen MR) is 218 cm³/mol. The lowest BCUT2D eigenvalue weighted by Crippen LogP contribution is -2.47. The minimum absolute atomic E-state index is 0.784. The maximum atomic E-state index is 4.10. The van der Waals surface area contributed by atoms with Crippen LogP contribution < -0.4 is 5.32 Å². The molecular formula is C49H78BrN. The van der Waals surface area contributed by atoms with Crippen LogP contribution >= 0.6 is 15.9 Å². The third-order valence-electron chi connectivity index (χ3n) is 20.3. The first-order chi connectivity index (χ1) is 25.1. The fourth-order valence-electron chi connectivity index (χ4n) is 18.7. The molecule has 1 N–H and O–H groups in total. The fourth-order valence-corrected chi connectivity index (χ4v) is 19.5. The molecule has 0 aromatic heterocycles. The van der Waals surface area contributed by atoms with E-state index in [1.165, 1.54) is 58.0 Å². The second kappa shape index (κ2) is 14.9. The summed E-state index contributed by atoms with van der Waals surface area (Å²) < 4.78 is 0. The van der Waals surface area contributed by atoms with Gasteiger partial charge in [0, 0.05) is 11.4 Å². The Labute approximate surface area is 323 Å². The summed E-state index contributed by atoms with van der Waals surface area (Å²) >= 11 is 4.10. The summed E-state index contributed by atoms with van der Waals surface area (Å²) in [6, 6.07) is 0. The first-order valence-corrected chi connectivity index (χ1v) is 25.1. The zero-order chi connectivity index (χ0) is 34.1. The summed E-state index contributed by atoms with van der Waals surface area (Å²) in [6.07, 6.45) is 42.2. The lowest BCUT2D eigenvalue weighted by Gasteiger charge is -2.53. The van der Waals surface area contributed by atoms with Crippen LogP contribution in [0.1, 0.15) is 180 Å². The van der Waals surface area contributed by atoms with E-state index < -0.39 is 0 Å². The van der Waals surface area contributed by atoms with Crippen LogP contribution in [0.25, 0.3) is 0 Å². The van der Waals surface area contributed by atoms with Crippen molar-refractivity contribution in [2.45, 2.75) is 185 Å². The van der Waals surface area contributed by atoms with E-state index in [1.807, 2.05) is 11.1 Å². The number of hydrogen-bond acceptors (Lipinski definition) is 1. The van der Waals surface area contributed by atoms with Crippen LogP contribution in [0.2, 0.25) is 0 Å². The zero-order valence-electron chi connectivity index (χ0n) is 33.1. The van der Waals surface area contributed by atoms with Crippen molar-refractivity contribution in [3.8, 4) is 0 Å². The van der Waals surface area contributed by atoms with Crippen molar-refractivity contribution in [3.63, 3.8) is 0 Å². The van der Waals surface area contributed by atoms with Crippen LogP contribution in [-0.2, 0) is 0 Å². The number of hydrogen-bond donors (Lipinski definition) is 1. The highest BCUT2D eigenvalue weighted by Crippen LogP contribution is 2.78. The van der Waals surface area contributed by atoms with Gasteiger partial charge in [0.25, 0.3) is 0 Å². The second-order valence-electron chi connectivity index (χ2n) is 21.8. The van der Waals surface area contributed by atoms with Gasteiger partial charge < -0.3 is 5.32 Å². The molecule has 1 aliphatic heterocycles. The molecule has 1 heterocycles. The van der Waals surface area contributed by atoms with Crippen molar-refractivity contribution in [3.05, 3.63) is 11.1 Å². The van der Waals surface area contributed by atoms with Crippen LogP contribution in [0.5, 0.6) is 0 Å². The van der Waals surface area contributed by atoms with E-state index in [-0.39, 0.29) is 0 Å². The van der Waals surface area contributed by atoms with Gasteiger partial charge >= 0.3 is 0 Å². The predicted octanol–water partition coefficient (Wildman–Crippen LogP) is 13.6. The number of fused-ring (bicyclic) bond motifs is 10. The molecule has 1 spiro atoms. The molecule has 51 heavy (non-hydrogen) atoms. The molecule has 8 saturated carbocycles. The molecule has 9 fully saturated rings. The van der Waals surface area contributed by atoms with E-state index in [4.69, 9.17) is 0 Å². The molecule has 0 bridgehead atoms. The Hall–Kier alpha value is 0.180. The Morgan fingerprint density at radius 1 is 0.490 bits per heavy atom. The summed E-state index contributed by atoms with van der Waals surface area (Å²) in [6.45, 7) is 5.17. The number of alkyl halides is 1. The fraction of sp³-hybridized carbons (Fsp3) is 0.959. The van der Waals surface area contributed by atoms with Crippen molar-refractivity contribution in [2.24, 2.45) is 94.2 Å². The molecular weight excluding hydrogens is 682 g/mol. The van der Waals surface area contributed by atoms with Gasteiger partial charge in [-0.3, -0.25) is 0 Å². The van der Waals surface area contributed by atoms with E-state index >= 15 is 0 Å². The first-order valence-electron chi connectivity index (χ1n) is 24.2. The highest BCUT2D eigenvalue weighted by molar-refractivity contribution is 9.09. The Balaban J connectivity index is 0.875.